The standard InChI is InChI=1S/C19H25N3O2/c1-12(2)11-20-18(22-23)16-8-7-15(5)21-19(16)24-17-9-6-13(3)10-14(17)4/h6-10,12,23H,11H2,1-5H3,(H,20,22). The fourth-order valence-electron chi connectivity index (χ4n) is 2.26. The van der Waals surface area contributed by atoms with Crippen LogP contribution in [0.5, 0.6) is 11.6 Å². The second-order valence-corrected chi connectivity index (χ2v) is 6.37. The minimum Gasteiger partial charge on any atom is -0.438 e. The summed E-state index contributed by atoms with van der Waals surface area (Å²) in [5, 5.41) is 9.48. The molecule has 0 saturated heterocycles. The van der Waals surface area contributed by atoms with Crippen molar-refractivity contribution in [2.24, 2.45) is 10.9 Å². The highest BCUT2D eigenvalue weighted by Gasteiger charge is 2.14. The van der Waals surface area contributed by atoms with Crippen LogP contribution in [0.3, 0.4) is 0 Å². The monoisotopic (exact) mass is 327 g/mol. The van der Waals surface area contributed by atoms with Crippen LogP contribution >= 0.6 is 0 Å². The highest BCUT2D eigenvalue weighted by Crippen LogP contribution is 2.27. The largest absolute Gasteiger partial charge is 0.438 e. The second kappa shape index (κ2) is 7.93. The number of nitrogens with zero attached hydrogens (tertiary/aromatic N) is 2. The summed E-state index contributed by atoms with van der Waals surface area (Å²) in [4.78, 5) is 8.89. The van der Waals surface area contributed by atoms with Crippen LogP contribution in [0, 0.1) is 26.7 Å². The molecule has 0 bridgehead atoms. The van der Waals surface area contributed by atoms with Crippen molar-refractivity contribution < 1.29 is 9.94 Å². The number of ether oxygens (including phenoxy) is 1. The first-order valence-electron chi connectivity index (χ1n) is 8.08. The van der Waals surface area contributed by atoms with Gasteiger partial charge in [-0.3, -0.25) is 15.7 Å². The molecule has 2 N–H and O–H groups in total. The zero-order valence-corrected chi connectivity index (χ0v) is 14.9. The van der Waals surface area contributed by atoms with E-state index < -0.39 is 0 Å². The van der Waals surface area contributed by atoms with E-state index in [0.717, 1.165) is 17.0 Å². The topological polar surface area (TPSA) is 66.7 Å². The molecule has 0 fully saturated rings. The van der Waals surface area contributed by atoms with Crippen LogP contribution in [0.1, 0.15) is 36.2 Å². The number of aryl methyl sites for hydroxylation is 3. The maximum Gasteiger partial charge on any atom is 0.230 e. The fraction of sp³-hybridized carbons (Fsp3) is 0.368. The molecule has 0 saturated carbocycles. The van der Waals surface area contributed by atoms with E-state index in [2.05, 4.69) is 35.4 Å². The predicted octanol–water partition coefficient (Wildman–Crippen LogP) is 4.18. The average molecular weight is 327 g/mol. The summed E-state index contributed by atoms with van der Waals surface area (Å²) in [7, 11) is 0. The SMILES string of the molecule is Cc1ccc(Oc2nc(C)ccc2C(=NCC(C)C)NO)c(C)c1. The van der Waals surface area contributed by atoms with Gasteiger partial charge in [0.1, 0.15) is 5.75 Å². The minimum atomic E-state index is 0.357. The van der Waals surface area contributed by atoms with Gasteiger partial charge in [0.15, 0.2) is 5.84 Å². The van der Waals surface area contributed by atoms with Crippen LogP contribution in [-0.4, -0.2) is 22.6 Å². The van der Waals surface area contributed by atoms with Crippen LogP contribution < -0.4 is 10.2 Å². The van der Waals surface area contributed by atoms with E-state index in [1.165, 1.54) is 5.56 Å². The highest BCUT2D eigenvalue weighted by atomic mass is 16.5. The first-order valence-corrected chi connectivity index (χ1v) is 8.08. The molecule has 0 amide bonds. The molecule has 0 aliphatic rings. The number of aliphatic imine (C=N–C) groups is 1. The van der Waals surface area contributed by atoms with Gasteiger partial charge in [0, 0.05) is 12.2 Å². The minimum absolute atomic E-state index is 0.357. The van der Waals surface area contributed by atoms with Gasteiger partial charge in [0.2, 0.25) is 5.88 Å². The van der Waals surface area contributed by atoms with Gasteiger partial charge in [-0.1, -0.05) is 31.5 Å². The van der Waals surface area contributed by atoms with E-state index in [-0.39, 0.29) is 0 Å². The van der Waals surface area contributed by atoms with Gasteiger partial charge >= 0.3 is 0 Å². The molecule has 0 aliphatic carbocycles. The quantitative estimate of drug-likeness (QED) is 0.491. The number of rotatable bonds is 5. The van der Waals surface area contributed by atoms with Crippen molar-refractivity contribution in [3.63, 3.8) is 0 Å². The number of pyridine rings is 1. The zero-order valence-electron chi connectivity index (χ0n) is 14.9. The number of hydrogen-bond donors (Lipinski definition) is 2. The third-order valence-electron chi connectivity index (χ3n) is 3.51. The lowest BCUT2D eigenvalue weighted by Gasteiger charge is -2.14. The van der Waals surface area contributed by atoms with Crippen molar-refractivity contribution in [1.82, 2.24) is 10.5 Å². The molecule has 0 unspecified atom stereocenters. The van der Waals surface area contributed by atoms with Gasteiger partial charge in [-0.15, -0.1) is 0 Å². The number of amidine groups is 1. The summed E-state index contributed by atoms with van der Waals surface area (Å²) in [5.74, 6) is 1.90. The van der Waals surface area contributed by atoms with Crippen LogP contribution in [0.25, 0.3) is 0 Å². The van der Waals surface area contributed by atoms with Crippen molar-refractivity contribution in [2.45, 2.75) is 34.6 Å². The number of benzene rings is 1. The van der Waals surface area contributed by atoms with Crippen molar-refractivity contribution in [2.75, 3.05) is 6.54 Å². The summed E-state index contributed by atoms with van der Waals surface area (Å²) in [5.41, 5.74) is 5.84. The van der Waals surface area contributed by atoms with E-state index in [1.807, 2.05) is 45.0 Å². The molecule has 5 nitrogen and oxygen atoms in total. The number of hydrogen-bond acceptors (Lipinski definition) is 4. The van der Waals surface area contributed by atoms with Gasteiger partial charge in [0.05, 0.1) is 5.56 Å². The molecule has 24 heavy (non-hydrogen) atoms. The third kappa shape index (κ3) is 4.55. The molecule has 2 aromatic rings. The molecule has 128 valence electrons. The molecule has 0 radical (unpaired) electrons. The molecular formula is C19H25N3O2. The van der Waals surface area contributed by atoms with E-state index in [4.69, 9.17) is 4.74 Å². The molecular weight excluding hydrogens is 302 g/mol. The summed E-state index contributed by atoms with van der Waals surface area (Å²) < 4.78 is 6.02. The summed E-state index contributed by atoms with van der Waals surface area (Å²) in [6.45, 7) is 10.7. The Morgan fingerprint density at radius 3 is 2.58 bits per heavy atom. The summed E-state index contributed by atoms with van der Waals surface area (Å²) in [6.07, 6.45) is 0. The van der Waals surface area contributed by atoms with Crippen LogP contribution in [0.4, 0.5) is 0 Å². The van der Waals surface area contributed by atoms with Crippen molar-refractivity contribution >= 4 is 5.84 Å². The molecule has 5 heteroatoms. The van der Waals surface area contributed by atoms with Crippen LogP contribution in [-0.2, 0) is 0 Å². The van der Waals surface area contributed by atoms with E-state index in [0.29, 0.717) is 29.7 Å². The number of nitrogens with one attached hydrogen (secondary N) is 1. The smallest absolute Gasteiger partial charge is 0.230 e. The Balaban J connectivity index is 2.41. The van der Waals surface area contributed by atoms with Gasteiger partial charge < -0.3 is 4.74 Å². The molecule has 1 aromatic carbocycles. The van der Waals surface area contributed by atoms with Gasteiger partial charge in [-0.05, 0) is 50.5 Å². The van der Waals surface area contributed by atoms with E-state index in [1.54, 1.807) is 0 Å². The van der Waals surface area contributed by atoms with E-state index in [9.17, 15) is 5.21 Å². The normalized spacial score (nSPS) is 11.7. The summed E-state index contributed by atoms with van der Waals surface area (Å²) in [6, 6.07) is 9.70. The Labute approximate surface area is 143 Å². The maximum absolute atomic E-state index is 9.48. The van der Waals surface area contributed by atoms with Crippen LogP contribution in [0.2, 0.25) is 0 Å². The van der Waals surface area contributed by atoms with Gasteiger partial charge in [-0.2, -0.15) is 0 Å². The molecule has 2 rings (SSSR count). The first-order chi connectivity index (χ1) is 11.4. The average Bonchev–Trinajstić information content (AvgIpc) is 2.52. The molecule has 0 spiro atoms. The zero-order chi connectivity index (χ0) is 17.7. The van der Waals surface area contributed by atoms with Crippen molar-refractivity contribution in [3.8, 4) is 11.6 Å². The fourth-order valence-corrected chi connectivity index (χ4v) is 2.26. The lowest BCUT2D eigenvalue weighted by molar-refractivity contribution is 0.234. The number of hydroxylamine groups is 1. The predicted molar refractivity (Wildman–Crippen MR) is 96.1 cm³/mol. The lowest BCUT2D eigenvalue weighted by Crippen LogP contribution is -2.22. The first kappa shape index (κ1) is 17.9. The second-order valence-electron chi connectivity index (χ2n) is 6.37. The number of aromatic nitrogens is 1. The Morgan fingerprint density at radius 1 is 1.21 bits per heavy atom. The Hall–Kier alpha value is -2.40. The molecule has 0 atom stereocenters. The Bertz CT molecular complexity index is 739. The lowest BCUT2D eigenvalue weighted by atomic mass is 10.1. The Morgan fingerprint density at radius 2 is 1.96 bits per heavy atom. The summed E-state index contributed by atoms with van der Waals surface area (Å²) >= 11 is 0. The van der Waals surface area contributed by atoms with E-state index >= 15 is 0 Å². The molecule has 1 heterocycles. The molecule has 0 aliphatic heterocycles. The molecule has 1 aromatic heterocycles. The van der Waals surface area contributed by atoms with Gasteiger partial charge in [-0.25, -0.2) is 4.98 Å². The van der Waals surface area contributed by atoms with Gasteiger partial charge in [0.25, 0.3) is 0 Å². The van der Waals surface area contributed by atoms with Crippen molar-refractivity contribution in [3.05, 3.63) is 52.7 Å². The highest BCUT2D eigenvalue weighted by molar-refractivity contribution is 6.00. The van der Waals surface area contributed by atoms with Crippen LogP contribution in [0.15, 0.2) is 35.3 Å². The maximum atomic E-state index is 9.48. The Kier molecular flexibility index (Phi) is 5.93. The third-order valence-corrected chi connectivity index (χ3v) is 3.51. The van der Waals surface area contributed by atoms with Crippen molar-refractivity contribution in [1.29, 1.82) is 0 Å².